The average Bonchev–Trinajstić information content (AvgIpc) is 2.93. The summed E-state index contributed by atoms with van der Waals surface area (Å²) in [6.07, 6.45) is 4.03. The number of carbonyl (C=O) groups excluding carboxylic acids is 2. The summed E-state index contributed by atoms with van der Waals surface area (Å²) in [5.41, 5.74) is 1.23. The van der Waals surface area contributed by atoms with E-state index in [-0.39, 0.29) is 29.9 Å². The topological polar surface area (TPSA) is 70.6 Å². The van der Waals surface area contributed by atoms with Gasteiger partial charge < -0.3 is 9.80 Å². The van der Waals surface area contributed by atoms with Gasteiger partial charge in [-0.2, -0.15) is 0 Å². The van der Waals surface area contributed by atoms with Crippen molar-refractivity contribution < 1.29 is 18.2 Å². The molecule has 8 heteroatoms. The van der Waals surface area contributed by atoms with Crippen LogP contribution in [0.25, 0.3) is 0 Å². The van der Waals surface area contributed by atoms with E-state index in [2.05, 4.69) is 4.98 Å². The molecule has 1 unspecified atom stereocenters. The molecule has 4 rings (SSSR count). The summed E-state index contributed by atoms with van der Waals surface area (Å²) in [4.78, 5) is 31.7. The number of rotatable bonds is 3. The fourth-order valence-corrected chi connectivity index (χ4v) is 5.66. The van der Waals surface area contributed by atoms with Crippen LogP contribution in [0.5, 0.6) is 0 Å². The van der Waals surface area contributed by atoms with Crippen molar-refractivity contribution in [1.82, 2.24) is 14.8 Å². The van der Waals surface area contributed by atoms with Gasteiger partial charge in [-0.1, -0.05) is 12.1 Å². The first-order valence-electron chi connectivity index (χ1n) is 9.12. The molecule has 0 N–H and O–H groups in total. The molecule has 2 aliphatic rings. The predicted octanol–water partition coefficient (Wildman–Crippen LogP) is 1.94. The molecule has 2 amide bonds. The molecule has 2 aromatic rings. The SMILES string of the molecule is O=C(c1ccncc1)N1CCC2(CC1)N(Cc1cccc(F)c1)C(=O)CS2=O. The van der Waals surface area contributed by atoms with Gasteiger partial charge in [0.25, 0.3) is 5.91 Å². The van der Waals surface area contributed by atoms with E-state index in [9.17, 15) is 18.2 Å². The number of benzene rings is 1. The molecule has 2 fully saturated rings. The summed E-state index contributed by atoms with van der Waals surface area (Å²) in [6, 6.07) is 9.44. The van der Waals surface area contributed by atoms with Crippen molar-refractivity contribution in [3.05, 3.63) is 65.7 Å². The predicted molar refractivity (Wildman–Crippen MR) is 102 cm³/mol. The van der Waals surface area contributed by atoms with E-state index in [1.165, 1.54) is 12.1 Å². The highest BCUT2D eigenvalue weighted by Gasteiger charge is 2.53. The number of hydrogen-bond acceptors (Lipinski definition) is 4. The van der Waals surface area contributed by atoms with E-state index in [1.54, 1.807) is 46.5 Å². The van der Waals surface area contributed by atoms with Crippen LogP contribution >= 0.6 is 0 Å². The van der Waals surface area contributed by atoms with E-state index in [4.69, 9.17) is 0 Å². The average molecular weight is 401 g/mol. The van der Waals surface area contributed by atoms with Gasteiger partial charge in [-0.05, 0) is 29.8 Å². The van der Waals surface area contributed by atoms with Crippen LogP contribution in [0.2, 0.25) is 0 Å². The number of piperidine rings is 1. The van der Waals surface area contributed by atoms with Crippen molar-refractivity contribution in [2.75, 3.05) is 18.8 Å². The van der Waals surface area contributed by atoms with E-state index in [0.29, 0.717) is 37.1 Å². The summed E-state index contributed by atoms with van der Waals surface area (Å²) >= 11 is 0. The second-order valence-corrected chi connectivity index (χ2v) is 8.81. The van der Waals surface area contributed by atoms with Crippen LogP contribution in [0.3, 0.4) is 0 Å². The smallest absolute Gasteiger partial charge is 0.253 e. The number of nitrogens with zero attached hydrogens (tertiary/aromatic N) is 3. The van der Waals surface area contributed by atoms with Crippen molar-refractivity contribution in [2.24, 2.45) is 0 Å². The summed E-state index contributed by atoms with van der Waals surface area (Å²) in [5, 5.41) is 0. The number of halogens is 1. The molecular formula is C20H20FN3O3S. The van der Waals surface area contributed by atoms with Gasteiger partial charge in [0.2, 0.25) is 5.91 Å². The summed E-state index contributed by atoms with van der Waals surface area (Å²) in [7, 11) is -1.35. The quantitative estimate of drug-likeness (QED) is 0.788. The number of likely N-dealkylation sites (tertiary alicyclic amines) is 1. The molecular weight excluding hydrogens is 381 g/mol. The largest absolute Gasteiger partial charge is 0.338 e. The molecule has 3 heterocycles. The zero-order chi connectivity index (χ0) is 19.7. The van der Waals surface area contributed by atoms with Crippen molar-refractivity contribution in [3.63, 3.8) is 0 Å². The molecule has 28 heavy (non-hydrogen) atoms. The molecule has 2 saturated heterocycles. The third-order valence-electron chi connectivity index (χ3n) is 5.46. The third-order valence-corrected chi connectivity index (χ3v) is 7.45. The van der Waals surface area contributed by atoms with Gasteiger partial charge in [-0.3, -0.25) is 18.8 Å². The minimum atomic E-state index is -1.35. The molecule has 0 radical (unpaired) electrons. The third kappa shape index (κ3) is 3.32. The highest BCUT2D eigenvalue weighted by atomic mass is 32.2. The van der Waals surface area contributed by atoms with Crippen LogP contribution in [0, 0.1) is 5.82 Å². The molecule has 2 aliphatic heterocycles. The lowest BCUT2D eigenvalue weighted by Gasteiger charge is -2.43. The van der Waals surface area contributed by atoms with Gasteiger partial charge in [0.15, 0.2) is 0 Å². The van der Waals surface area contributed by atoms with Crippen LogP contribution < -0.4 is 0 Å². The van der Waals surface area contributed by atoms with Crippen LogP contribution in [0.1, 0.15) is 28.8 Å². The Morgan fingerprint density at radius 1 is 1.18 bits per heavy atom. The first kappa shape index (κ1) is 18.7. The lowest BCUT2D eigenvalue weighted by molar-refractivity contribution is -0.131. The summed E-state index contributed by atoms with van der Waals surface area (Å²) in [6.45, 7) is 1.06. The monoisotopic (exact) mass is 401 g/mol. The van der Waals surface area contributed by atoms with Gasteiger partial charge in [0.1, 0.15) is 16.4 Å². The molecule has 0 bridgehead atoms. The minimum absolute atomic E-state index is 0.0202. The maximum atomic E-state index is 13.5. The summed E-state index contributed by atoms with van der Waals surface area (Å²) < 4.78 is 26.4. The minimum Gasteiger partial charge on any atom is -0.338 e. The molecule has 1 aromatic heterocycles. The van der Waals surface area contributed by atoms with E-state index >= 15 is 0 Å². The van der Waals surface area contributed by atoms with Crippen LogP contribution in [0.15, 0.2) is 48.8 Å². The van der Waals surface area contributed by atoms with Gasteiger partial charge in [0.05, 0.1) is 10.8 Å². The fraction of sp³-hybridized carbons (Fsp3) is 0.350. The Labute approximate surface area is 164 Å². The van der Waals surface area contributed by atoms with Crippen molar-refractivity contribution in [1.29, 1.82) is 0 Å². The molecule has 1 spiro atoms. The Kier molecular flexibility index (Phi) is 4.97. The number of aromatic nitrogens is 1. The van der Waals surface area contributed by atoms with Crippen LogP contribution in [-0.4, -0.2) is 54.5 Å². The fourth-order valence-electron chi connectivity index (χ4n) is 3.96. The first-order chi connectivity index (χ1) is 13.5. The van der Waals surface area contributed by atoms with Gasteiger partial charge in [-0.15, -0.1) is 0 Å². The molecule has 0 saturated carbocycles. The molecule has 6 nitrogen and oxygen atoms in total. The van der Waals surface area contributed by atoms with Crippen molar-refractivity contribution >= 4 is 22.6 Å². The second kappa shape index (κ2) is 7.43. The molecule has 0 aliphatic carbocycles. The van der Waals surface area contributed by atoms with Crippen molar-refractivity contribution in [2.45, 2.75) is 24.3 Å². The molecule has 146 valence electrons. The Morgan fingerprint density at radius 3 is 2.57 bits per heavy atom. The zero-order valence-corrected chi connectivity index (χ0v) is 16.0. The van der Waals surface area contributed by atoms with Gasteiger partial charge >= 0.3 is 0 Å². The maximum absolute atomic E-state index is 13.5. The Morgan fingerprint density at radius 2 is 1.89 bits per heavy atom. The lowest BCUT2D eigenvalue weighted by Crippen LogP contribution is -2.55. The van der Waals surface area contributed by atoms with E-state index in [1.807, 2.05) is 0 Å². The highest BCUT2D eigenvalue weighted by Crippen LogP contribution is 2.38. The van der Waals surface area contributed by atoms with E-state index in [0.717, 1.165) is 0 Å². The number of hydrogen-bond donors (Lipinski definition) is 0. The lowest BCUT2D eigenvalue weighted by atomic mass is 10.0. The molecule has 1 aromatic carbocycles. The van der Waals surface area contributed by atoms with Crippen molar-refractivity contribution in [3.8, 4) is 0 Å². The number of pyridine rings is 1. The van der Waals surface area contributed by atoms with Crippen LogP contribution in [0.4, 0.5) is 4.39 Å². The van der Waals surface area contributed by atoms with Gasteiger partial charge in [-0.25, -0.2) is 4.39 Å². The highest BCUT2D eigenvalue weighted by molar-refractivity contribution is 7.87. The van der Waals surface area contributed by atoms with E-state index < -0.39 is 15.7 Å². The number of carbonyl (C=O) groups is 2. The Balaban J connectivity index is 1.52. The Bertz CT molecular complexity index is 929. The van der Waals surface area contributed by atoms with Gasteiger partial charge in [0, 0.05) is 50.4 Å². The standard InChI is InChI=1S/C20H20FN3O3S/c21-17-3-1-2-15(12-17)13-24-18(25)14-28(27)20(24)6-10-23(11-7-20)19(26)16-4-8-22-9-5-16/h1-5,8-9,12H,6-7,10-11,13-14H2. The molecule has 1 atom stereocenters. The first-order valence-corrected chi connectivity index (χ1v) is 10.4. The Hall–Kier alpha value is -2.61. The summed E-state index contributed by atoms with van der Waals surface area (Å²) in [5.74, 6) is -0.661. The second-order valence-electron chi connectivity index (χ2n) is 7.07. The maximum Gasteiger partial charge on any atom is 0.253 e. The number of amides is 2. The zero-order valence-electron chi connectivity index (χ0n) is 15.2. The normalized spacial score (nSPS) is 21.3. The van der Waals surface area contributed by atoms with Crippen LogP contribution in [-0.2, 0) is 22.1 Å².